The highest BCUT2D eigenvalue weighted by Gasteiger charge is 2.46. The second-order valence-electron chi connectivity index (χ2n) is 7.25. The van der Waals surface area contributed by atoms with E-state index in [4.69, 9.17) is 20.4 Å². The summed E-state index contributed by atoms with van der Waals surface area (Å²) in [6.07, 6.45) is 0. The Morgan fingerprint density at radius 1 is 1.03 bits per heavy atom. The summed E-state index contributed by atoms with van der Waals surface area (Å²) in [5, 5.41) is 11.9. The fourth-order valence-corrected chi connectivity index (χ4v) is 4.01. The number of carbonyl (C=O) groups is 2. The largest absolute Gasteiger partial charge is 0.503 e. The molecule has 0 saturated carbocycles. The van der Waals surface area contributed by atoms with Gasteiger partial charge in [0.1, 0.15) is 23.1 Å². The number of aliphatic hydroxyl groups is 1. The van der Waals surface area contributed by atoms with Crippen molar-refractivity contribution in [2.75, 3.05) is 4.90 Å². The van der Waals surface area contributed by atoms with Crippen LogP contribution in [-0.2, 0) is 4.79 Å². The van der Waals surface area contributed by atoms with Gasteiger partial charge in [-0.1, -0.05) is 35.9 Å². The Balaban J connectivity index is 1.66. The van der Waals surface area contributed by atoms with Crippen LogP contribution < -0.4 is 4.90 Å². The zero-order valence-electron chi connectivity index (χ0n) is 16.3. The van der Waals surface area contributed by atoms with Gasteiger partial charge in [-0.05, 0) is 49.4 Å². The van der Waals surface area contributed by atoms with Crippen molar-refractivity contribution in [3.8, 4) is 0 Å². The number of Topliss-reactive ketones (excluding diaryl/α,β-unsaturated/α-hetero) is 1. The Morgan fingerprint density at radius 2 is 1.84 bits per heavy atom. The second kappa shape index (κ2) is 7.18. The molecule has 3 heterocycles. The van der Waals surface area contributed by atoms with Crippen LogP contribution in [0, 0.1) is 6.92 Å². The summed E-state index contributed by atoms with van der Waals surface area (Å²) < 4.78 is 11.5. The summed E-state index contributed by atoms with van der Waals surface area (Å²) in [5.41, 5.74) is 0.848. The lowest BCUT2D eigenvalue weighted by Crippen LogP contribution is -2.30. The maximum absolute atomic E-state index is 13.4. The predicted molar refractivity (Wildman–Crippen MR) is 115 cm³/mol. The first-order chi connectivity index (χ1) is 14.9. The molecule has 154 valence electrons. The fraction of sp³-hybridized carbons (Fsp3) is 0.0833. The maximum atomic E-state index is 13.4. The van der Waals surface area contributed by atoms with Gasteiger partial charge in [-0.15, -0.1) is 0 Å². The number of aryl methyl sites for hydroxylation is 1. The number of nitrogens with zero attached hydrogens (tertiary/aromatic N) is 1. The number of halogens is 1. The molecule has 31 heavy (non-hydrogen) atoms. The molecule has 7 heteroatoms. The molecule has 0 radical (unpaired) electrons. The van der Waals surface area contributed by atoms with Gasteiger partial charge in [0.15, 0.2) is 11.5 Å². The van der Waals surface area contributed by atoms with Crippen molar-refractivity contribution in [2.24, 2.45) is 0 Å². The van der Waals surface area contributed by atoms with Crippen molar-refractivity contribution >= 4 is 39.9 Å². The van der Waals surface area contributed by atoms with Crippen LogP contribution in [0.4, 0.5) is 5.69 Å². The van der Waals surface area contributed by atoms with E-state index in [0.717, 1.165) is 5.39 Å². The molecule has 1 aliphatic heterocycles. The number of benzene rings is 2. The van der Waals surface area contributed by atoms with Crippen molar-refractivity contribution in [2.45, 2.75) is 13.0 Å². The molecule has 1 atom stereocenters. The number of aliphatic hydroxyl groups excluding tert-OH is 1. The number of hydrogen-bond donors (Lipinski definition) is 1. The molecule has 4 aromatic rings. The van der Waals surface area contributed by atoms with E-state index in [2.05, 4.69) is 0 Å². The topological polar surface area (TPSA) is 83.9 Å². The van der Waals surface area contributed by atoms with Crippen LogP contribution >= 0.6 is 11.6 Å². The molecule has 0 bridgehead atoms. The average molecular weight is 434 g/mol. The van der Waals surface area contributed by atoms with E-state index >= 15 is 0 Å². The number of hydrogen-bond acceptors (Lipinski definition) is 5. The third-order valence-electron chi connectivity index (χ3n) is 5.22. The summed E-state index contributed by atoms with van der Waals surface area (Å²) in [6.45, 7) is 1.76. The van der Waals surface area contributed by atoms with Crippen molar-refractivity contribution in [1.29, 1.82) is 0 Å². The lowest BCUT2D eigenvalue weighted by Gasteiger charge is -2.25. The van der Waals surface area contributed by atoms with E-state index in [1.807, 2.05) is 12.1 Å². The first-order valence-corrected chi connectivity index (χ1v) is 9.93. The van der Waals surface area contributed by atoms with Crippen molar-refractivity contribution < 1.29 is 23.5 Å². The van der Waals surface area contributed by atoms with Crippen molar-refractivity contribution in [3.05, 3.63) is 100 Å². The van der Waals surface area contributed by atoms with E-state index in [0.29, 0.717) is 27.8 Å². The lowest BCUT2D eigenvalue weighted by molar-refractivity contribution is -0.117. The molecule has 6 nitrogen and oxygen atoms in total. The summed E-state index contributed by atoms with van der Waals surface area (Å²) in [5.74, 6) is -0.988. The Labute approximate surface area is 181 Å². The zero-order valence-corrected chi connectivity index (χ0v) is 17.1. The number of ketones is 1. The second-order valence-corrected chi connectivity index (χ2v) is 7.68. The zero-order chi connectivity index (χ0) is 21.7. The van der Waals surface area contributed by atoms with Gasteiger partial charge in [0.25, 0.3) is 5.91 Å². The van der Waals surface area contributed by atoms with Gasteiger partial charge in [0.2, 0.25) is 5.78 Å². The summed E-state index contributed by atoms with van der Waals surface area (Å²) >= 11 is 6.13. The Hall–Kier alpha value is -3.77. The minimum Gasteiger partial charge on any atom is -0.503 e. The highest BCUT2D eigenvalue weighted by atomic mass is 35.5. The van der Waals surface area contributed by atoms with Gasteiger partial charge in [0.05, 0.1) is 5.57 Å². The summed E-state index contributed by atoms with van der Waals surface area (Å²) in [4.78, 5) is 27.8. The maximum Gasteiger partial charge on any atom is 0.294 e. The number of furan rings is 2. The first-order valence-electron chi connectivity index (χ1n) is 9.56. The fourth-order valence-electron chi connectivity index (χ4n) is 3.83. The van der Waals surface area contributed by atoms with Crippen LogP contribution in [0.1, 0.15) is 28.1 Å². The molecule has 0 saturated heterocycles. The predicted octanol–water partition coefficient (Wildman–Crippen LogP) is 5.77. The van der Waals surface area contributed by atoms with Crippen molar-refractivity contribution in [3.63, 3.8) is 0 Å². The van der Waals surface area contributed by atoms with Crippen LogP contribution in [0.3, 0.4) is 0 Å². The molecular formula is C24H16ClNO5. The van der Waals surface area contributed by atoms with Gasteiger partial charge in [0, 0.05) is 16.1 Å². The molecule has 1 aliphatic rings. The van der Waals surface area contributed by atoms with E-state index in [-0.39, 0.29) is 11.3 Å². The van der Waals surface area contributed by atoms with Gasteiger partial charge in [-0.3, -0.25) is 14.5 Å². The number of para-hydroxylation sites is 1. The Morgan fingerprint density at radius 3 is 2.55 bits per heavy atom. The Bertz CT molecular complexity index is 1350. The van der Waals surface area contributed by atoms with E-state index in [1.165, 1.54) is 4.90 Å². The number of rotatable bonds is 4. The molecule has 0 aliphatic carbocycles. The first kappa shape index (κ1) is 19.2. The SMILES string of the molecule is Cc1ccc(C2C(C(=O)c3cc4ccccc4o3)=C(O)C(=O)N2c2cccc(Cl)c2)o1. The smallest absolute Gasteiger partial charge is 0.294 e. The standard InChI is InChI=1S/C24H16ClNO5/c1-13-9-10-18(30-13)21-20(22(27)19-11-14-5-2-3-8-17(14)31-19)23(28)24(29)26(21)16-7-4-6-15(25)12-16/h2-12,21,28H,1H3. The van der Waals surface area contributed by atoms with Gasteiger partial charge < -0.3 is 13.9 Å². The molecule has 2 aromatic carbocycles. The normalized spacial score (nSPS) is 16.5. The van der Waals surface area contributed by atoms with Gasteiger partial charge >= 0.3 is 0 Å². The molecular weight excluding hydrogens is 418 g/mol. The van der Waals surface area contributed by atoms with E-state index in [1.54, 1.807) is 61.5 Å². The third kappa shape index (κ3) is 3.12. The van der Waals surface area contributed by atoms with Crippen LogP contribution in [0.2, 0.25) is 5.02 Å². The molecule has 2 aromatic heterocycles. The summed E-state index contributed by atoms with van der Waals surface area (Å²) in [6, 6.07) is 17.8. The molecule has 1 N–H and O–H groups in total. The monoisotopic (exact) mass is 433 g/mol. The lowest BCUT2D eigenvalue weighted by atomic mass is 9.99. The highest BCUT2D eigenvalue weighted by Crippen LogP contribution is 2.43. The van der Waals surface area contributed by atoms with E-state index < -0.39 is 23.5 Å². The summed E-state index contributed by atoms with van der Waals surface area (Å²) in [7, 11) is 0. The third-order valence-corrected chi connectivity index (χ3v) is 5.45. The molecule has 1 unspecified atom stereocenters. The number of anilines is 1. The Kier molecular flexibility index (Phi) is 4.45. The minimum atomic E-state index is -0.972. The average Bonchev–Trinajstić information content (AvgIpc) is 3.44. The highest BCUT2D eigenvalue weighted by molar-refractivity contribution is 6.31. The minimum absolute atomic E-state index is 0.0248. The van der Waals surface area contributed by atoms with Crippen LogP contribution in [-0.4, -0.2) is 16.8 Å². The van der Waals surface area contributed by atoms with Crippen molar-refractivity contribution in [1.82, 2.24) is 0 Å². The van der Waals surface area contributed by atoms with E-state index in [9.17, 15) is 14.7 Å². The van der Waals surface area contributed by atoms with Crippen LogP contribution in [0.15, 0.2) is 86.9 Å². The number of carbonyl (C=O) groups excluding carboxylic acids is 2. The quantitative estimate of drug-likeness (QED) is 0.413. The van der Waals surface area contributed by atoms with Gasteiger partial charge in [-0.2, -0.15) is 0 Å². The molecule has 0 spiro atoms. The molecule has 0 fully saturated rings. The van der Waals surface area contributed by atoms with Crippen LogP contribution in [0.25, 0.3) is 11.0 Å². The molecule has 5 rings (SSSR count). The number of fused-ring (bicyclic) bond motifs is 1. The van der Waals surface area contributed by atoms with Gasteiger partial charge in [-0.25, -0.2) is 0 Å². The number of amides is 1. The molecule has 1 amide bonds. The van der Waals surface area contributed by atoms with Crippen LogP contribution in [0.5, 0.6) is 0 Å².